The standard InChI is InChI=1S/C23H24N4O2/c1-14-6-3-8-16-12-18(23(28)26-20(14)16)21-22(24-13-17-9-5-11-29-17)27-15(2)7-4-10-19(27)25-21/h3-4,6-8,10,12,17,24H,5,9,11,13H2,1-2H3,(H,26,28)/t17-/m1/s1. The number of aromatic nitrogens is 3. The lowest BCUT2D eigenvalue weighted by atomic mass is 10.1. The van der Waals surface area contributed by atoms with E-state index in [1.54, 1.807) is 0 Å². The summed E-state index contributed by atoms with van der Waals surface area (Å²) in [5, 5.41) is 4.53. The number of nitrogens with zero attached hydrogens (tertiary/aromatic N) is 2. The van der Waals surface area contributed by atoms with Crippen LogP contribution in [0.15, 0.2) is 47.3 Å². The first-order chi connectivity index (χ1) is 14.1. The predicted octanol–water partition coefficient (Wildman–Crippen LogP) is 4.05. The fourth-order valence-corrected chi connectivity index (χ4v) is 4.18. The number of hydrogen-bond acceptors (Lipinski definition) is 4. The van der Waals surface area contributed by atoms with Gasteiger partial charge in [0.05, 0.1) is 17.2 Å². The van der Waals surface area contributed by atoms with Gasteiger partial charge < -0.3 is 15.0 Å². The first kappa shape index (κ1) is 17.9. The molecule has 2 N–H and O–H groups in total. The van der Waals surface area contributed by atoms with Gasteiger partial charge in [0.2, 0.25) is 0 Å². The summed E-state index contributed by atoms with van der Waals surface area (Å²) in [6.07, 6.45) is 2.33. The lowest BCUT2D eigenvalue weighted by Crippen LogP contribution is -2.20. The Balaban J connectivity index is 1.69. The second-order valence-corrected chi connectivity index (χ2v) is 7.74. The fraction of sp³-hybridized carbons (Fsp3) is 0.304. The summed E-state index contributed by atoms with van der Waals surface area (Å²) in [4.78, 5) is 20.9. The molecule has 1 aliphatic heterocycles. The van der Waals surface area contributed by atoms with Crippen molar-refractivity contribution in [3.05, 3.63) is 64.1 Å². The molecule has 1 aromatic carbocycles. The number of ether oxygens (including phenoxy) is 1. The molecule has 29 heavy (non-hydrogen) atoms. The minimum Gasteiger partial charge on any atom is -0.376 e. The highest BCUT2D eigenvalue weighted by atomic mass is 16.5. The van der Waals surface area contributed by atoms with E-state index in [0.717, 1.165) is 53.1 Å². The maximum absolute atomic E-state index is 13.0. The van der Waals surface area contributed by atoms with Crippen molar-refractivity contribution in [3.63, 3.8) is 0 Å². The van der Waals surface area contributed by atoms with Crippen LogP contribution in [0.1, 0.15) is 24.1 Å². The SMILES string of the molecule is Cc1cccc2cc(-c3nc4cccc(C)n4c3NC[C@H]3CCCO3)c(=O)[nH]c12. The summed E-state index contributed by atoms with van der Waals surface area (Å²) in [6.45, 7) is 5.55. The van der Waals surface area contributed by atoms with Crippen LogP contribution in [-0.4, -0.2) is 33.6 Å². The van der Waals surface area contributed by atoms with Crippen molar-refractivity contribution in [1.82, 2.24) is 14.4 Å². The molecule has 0 amide bonds. The number of pyridine rings is 2. The molecule has 1 fully saturated rings. The largest absolute Gasteiger partial charge is 0.376 e. The summed E-state index contributed by atoms with van der Waals surface area (Å²) < 4.78 is 7.85. The molecule has 0 spiro atoms. The van der Waals surface area contributed by atoms with Gasteiger partial charge in [-0.2, -0.15) is 0 Å². The normalized spacial score (nSPS) is 16.7. The summed E-state index contributed by atoms with van der Waals surface area (Å²) in [5.74, 6) is 0.839. The number of fused-ring (bicyclic) bond motifs is 2. The van der Waals surface area contributed by atoms with Crippen LogP contribution in [0.4, 0.5) is 5.82 Å². The Morgan fingerprint density at radius 2 is 2.10 bits per heavy atom. The first-order valence-corrected chi connectivity index (χ1v) is 10.1. The Bertz CT molecular complexity index is 1270. The number of rotatable bonds is 4. The third-order valence-corrected chi connectivity index (χ3v) is 5.70. The van der Waals surface area contributed by atoms with Gasteiger partial charge in [-0.05, 0) is 55.8 Å². The van der Waals surface area contributed by atoms with E-state index in [9.17, 15) is 4.79 Å². The smallest absolute Gasteiger partial charge is 0.258 e. The van der Waals surface area contributed by atoms with E-state index in [2.05, 4.69) is 14.7 Å². The molecule has 0 radical (unpaired) electrons. The van der Waals surface area contributed by atoms with Crippen molar-refractivity contribution in [3.8, 4) is 11.3 Å². The van der Waals surface area contributed by atoms with E-state index < -0.39 is 0 Å². The quantitative estimate of drug-likeness (QED) is 0.553. The lowest BCUT2D eigenvalue weighted by molar-refractivity contribution is 0.120. The van der Waals surface area contributed by atoms with Crippen molar-refractivity contribution >= 4 is 22.4 Å². The highest BCUT2D eigenvalue weighted by molar-refractivity contribution is 5.87. The third kappa shape index (κ3) is 3.09. The van der Waals surface area contributed by atoms with Crippen LogP contribution in [0.25, 0.3) is 27.8 Å². The van der Waals surface area contributed by atoms with Crippen LogP contribution < -0.4 is 10.9 Å². The molecule has 0 bridgehead atoms. The molecule has 0 unspecified atom stereocenters. The molecule has 6 heteroatoms. The van der Waals surface area contributed by atoms with Gasteiger partial charge in [0.15, 0.2) is 0 Å². The molecule has 0 aliphatic carbocycles. The van der Waals surface area contributed by atoms with E-state index >= 15 is 0 Å². The van der Waals surface area contributed by atoms with Gasteiger partial charge >= 0.3 is 0 Å². The van der Waals surface area contributed by atoms with E-state index in [0.29, 0.717) is 17.8 Å². The number of hydrogen-bond donors (Lipinski definition) is 2. The molecule has 4 aromatic rings. The maximum atomic E-state index is 13.0. The summed E-state index contributed by atoms with van der Waals surface area (Å²) >= 11 is 0. The monoisotopic (exact) mass is 388 g/mol. The van der Waals surface area contributed by atoms with Crippen molar-refractivity contribution in [2.75, 3.05) is 18.5 Å². The summed E-state index contributed by atoms with van der Waals surface area (Å²) in [7, 11) is 0. The summed E-state index contributed by atoms with van der Waals surface area (Å²) in [5.41, 5.74) is 4.91. The molecule has 5 rings (SSSR count). The minimum atomic E-state index is -0.131. The Labute approximate surface area is 168 Å². The van der Waals surface area contributed by atoms with Gasteiger partial charge in [-0.15, -0.1) is 0 Å². The van der Waals surface area contributed by atoms with Crippen LogP contribution in [0.3, 0.4) is 0 Å². The van der Waals surface area contributed by atoms with E-state index in [1.807, 2.05) is 56.3 Å². The molecule has 0 saturated carbocycles. The average Bonchev–Trinajstić information content (AvgIpc) is 3.35. The Hall–Kier alpha value is -3.12. The molecule has 1 saturated heterocycles. The fourth-order valence-electron chi connectivity index (χ4n) is 4.18. The second kappa shape index (κ2) is 7.04. The Morgan fingerprint density at radius 3 is 2.93 bits per heavy atom. The predicted molar refractivity (Wildman–Crippen MR) is 116 cm³/mol. The lowest BCUT2D eigenvalue weighted by Gasteiger charge is -2.14. The molecular formula is C23H24N4O2. The number of aromatic amines is 1. The Kier molecular flexibility index (Phi) is 4.36. The molecule has 3 aromatic heterocycles. The molecule has 4 heterocycles. The van der Waals surface area contributed by atoms with E-state index in [1.165, 1.54) is 0 Å². The zero-order valence-corrected chi connectivity index (χ0v) is 16.7. The van der Waals surface area contributed by atoms with Gasteiger partial charge in [-0.1, -0.05) is 24.3 Å². The van der Waals surface area contributed by atoms with Gasteiger partial charge in [0, 0.05) is 18.8 Å². The van der Waals surface area contributed by atoms with Crippen LogP contribution in [0.2, 0.25) is 0 Å². The van der Waals surface area contributed by atoms with Gasteiger partial charge in [0.1, 0.15) is 17.2 Å². The van der Waals surface area contributed by atoms with Crippen LogP contribution >= 0.6 is 0 Å². The topological polar surface area (TPSA) is 71.4 Å². The number of H-pyrrole nitrogens is 1. The molecule has 1 atom stereocenters. The van der Waals surface area contributed by atoms with Gasteiger partial charge in [-0.3, -0.25) is 9.20 Å². The van der Waals surface area contributed by atoms with Crippen molar-refractivity contribution in [1.29, 1.82) is 0 Å². The maximum Gasteiger partial charge on any atom is 0.258 e. The zero-order chi connectivity index (χ0) is 20.0. The number of benzene rings is 1. The van der Waals surface area contributed by atoms with E-state index in [-0.39, 0.29) is 11.7 Å². The number of para-hydroxylation sites is 1. The van der Waals surface area contributed by atoms with E-state index in [4.69, 9.17) is 9.72 Å². The molecular weight excluding hydrogens is 364 g/mol. The van der Waals surface area contributed by atoms with Crippen molar-refractivity contribution in [2.24, 2.45) is 0 Å². The zero-order valence-electron chi connectivity index (χ0n) is 16.7. The van der Waals surface area contributed by atoms with Gasteiger partial charge in [0.25, 0.3) is 5.56 Å². The Morgan fingerprint density at radius 1 is 1.24 bits per heavy atom. The minimum absolute atomic E-state index is 0.131. The van der Waals surface area contributed by atoms with Crippen molar-refractivity contribution in [2.45, 2.75) is 32.8 Å². The number of nitrogens with one attached hydrogen (secondary N) is 2. The van der Waals surface area contributed by atoms with Crippen LogP contribution in [-0.2, 0) is 4.74 Å². The molecule has 1 aliphatic rings. The third-order valence-electron chi connectivity index (χ3n) is 5.70. The second-order valence-electron chi connectivity index (χ2n) is 7.74. The summed E-state index contributed by atoms with van der Waals surface area (Å²) in [6, 6.07) is 14.0. The van der Waals surface area contributed by atoms with Crippen LogP contribution in [0, 0.1) is 13.8 Å². The highest BCUT2D eigenvalue weighted by Crippen LogP contribution is 2.30. The number of imidazole rings is 1. The van der Waals surface area contributed by atoms with Crippen molar-refractivity contribution < 1.29 is 4.74 Å². The molecule has 6 nitrogen and oxygen atoms in total. The van der Waals surface area contributed by atoms with Crippen LogP contribution in [0.5, 0.6) is 0 Å². The van der Waals surface area contributed by atoms with Gasteiger partial charge in [-0.25, -0.2) is 4.98 Å². The molecule has 148 valence electrons. The number of aryl methyl sites for hydroxylation is 2. The first-order valence-electron chi connectivity index (χ1n) is 10.1. The highest BCUT2D eigenvalue weighted by Gasteiger charge is 2.21. The average molecular weight is 388 g/mol. The number of anilines is 1.